The molecule has 4 saturated heterocycles. The zero-order chi connectivity index (χ0) is 13.5. The van der Waals surface area contributed by atoms with Gasteiger partial charge in [0.1, 0.15) is 0 Å². The maximum Gasteiger partial charge on any atom is 0.0984 e. The molecule has 6 heteroatoms. The molecule has 4 rings (SSSR count). The second-order valence-electron chi connectivity index (χ2n) is 6.05. The molecule has 0 radical (unpaired) electrons. The molecule has 0 spiro atoms. The molecule has 0 amide bonds. The normalized spacial score (nSPS) is 36.4. The first-order valence-corrected chi connectivity index (χ1v) is 7.43. The number of ether oxygens (including phenoxy) is 4. The van der Waals surface area contributed by atoms with Gasteiger partial charge in [-0.1, -0.05) is 6.58 Å². The molecule has 0 aromatic carbocycles. The molecule has 4 atom stereocenters. The van der Waals surface area contributed by atoms with Crippen molar-refractivity contribution in [3.05, 3.63) is 12.4 Å². The lowest BCUT2D eigenvalue weighted by atomic mass is 10.3. The van der Waals surface area contributed by atoms with Gasteiger partial charge in [-0.25, -0.2) is 0 Å². The summed E-state index contributed by atoms with van der Waals surface area (Å²) in [4.78, 5) is 4.61. The van der Waals surface area contributed by atoms with E-state index in [1.54, 1.807) is 0 Å². The van der Waals surface area contributed by atoms with Gasteiger partial charge >= 0.3 is 0 Å². The van der Waals surface area contributed by atoms with Gasteiger partial charge in [-0.2, -0.15) is 0 Å². The lowest BCUT2D eigenvalue weighted by molar-refractivity contribution is 0.167. The van der Waals surface area contributed by atoms with Crippen LogP contribution in [0.3, 0.4) is 0 Å². The smallest absolute Gasteiger partial charge is 0.0984 e. The summed E-state index contributed by atoms with van der Waals surface area (Å²) < 4.78 is 21.5. The Bertz CT molecular complexity index is 313. The average Bonchev–Trinajstić information content (AvgIpc) is 3.24. The molecule has 0 bridgehead atoms. The van der Waals surface area contributed by atoms with Crippen LogP contribution in [0.5, 0.6) is 0 Å². The van der Waals surface area contributed by atoms with Crippen molar-refractivity contribution >= 4 is 0 Å². The Morgan fingerprint density at radius 2 is 0.950 bits per heavy atom. The summed E-state index contributed by atoms with van der Waals surface area (Å²) >= 11 is 0. The highest BCUT2D eigenvalue weighted by Crippen LogP contribution is 2.24. The van der Waals surface area contributed by atoms with Crippen LogP contribution in [-0.4, -0.2) is 86.8 Å². The first-order valence-electron chi connectivity index (χ1n) is 7.43. The van der Waals surface area contributed by atoms with E-state index in [4.69, 9.17) is 18.9 Å². The second kappa shape index (κ2) is 5.18. The van der Waals surface area contributed by atoms with E-state index in [2.05, 4.69) is 16.4 Å². The summed E-state index contributed by atoms with van der Waals surface area (Å²) in [6.07, 6.45) is 1.45. The van der Waals surface area contributed by atoms with Crippen LogP contribution in [0.4, 0.5) is 0 Å². The van der Waals surface area contributed by atoms with E-state index in [0.29, 0.717) is 24.4 Å². The van der Waals surface area contributed by atoms with E-state index >= 15 is 0 Å². The second-order valence-corrected chi connectivity index (χ2v) is 6.05. The standard InChI is InChI=1S/C14H22N2O4/c1-10(15(2-11-6-17-11)3-12-7-18-12)16(4-13-8-19-13)5-14-9-20-14/h11-14H,1-9H2. The van der Waals surface area contributed by atoms with Crippen molar-refractivity contribution < 1.29 is 18.9 Å². The highest BCUT2D eigenvalue weighted by atomic mass is 16.6. The Morgan fingerprint density at radius 3 is 1.15 bits per heavy atom. The van der Waals surface area contributed by atoms with Crippen LogP contribution in [-0.2, 0) is 18.9 Å². The molecule has 0 aromatic heterocycles. The molecule has 0 aliphatic carbocycles. The van der Waals surface area contributed by atoms with Gasteiger partial charge in [-0.3, -0.25) is 0 Å². The molecule has 4 unspecified atom stereocenters. The van der Waals surface area contributed by atoms with Crippen LogP contribution in [0.15, 0.2) is 12.4 Å². The van der Waals surface area contributed by atoms with Crippen LogP contribution < -0.4 is 0 Å². The Kier molecular flexibility index (Phi) is 3.34. The Labute approximate surface area is 119 Å². The van der Waals surface area contributed by atoms with Gasteiger partial charge in [-0.05, 0) is 0 Å². The van der Waals surface area contributed by atoms with Crippen molar-refractivity contribution in [1.29, 1.82) is 0 Å². The summed E-state index contributed by atoms with van der Waals surface area (Å²) in [6, 6.07) is 0. The fraction of sp³-hybridized carbons (Fsp3) is 0.857. The molecular weight excluding hydrogens is 260 g/mol. The predicted molar refractivity (Wildman–Crippen MR) is 71.2 cm³/mol. The van der Waals surface area contributed by atoms with Gasteiger partial charge in [0, 0.05) is 26.2 Å². The van der Waals surface area contributed by atoms with E-state index in [9.17, 15) is 0 Å². The molecule has 0 N–H and O–H groups in total. The number of nitrogens with zero attached hydrogens (tertiary/aromatic N) is 2. The lowest BCUT2D eigenvalue weighted by Crippen LogP contribution is -2.42. The van der Waals surface area contributed by atoms with Crippen LogP contribution in [0.1, 0.15) is 0 Å². The molecule has 4 fully saturated rings. The highest BCUT2D eigenvalue weighted by Gasteiger charge is 2.36. The van der Waals surface area contributed by atoms with Crippen molar-refractivity contribution in [2.45, 2.75) is 24.4 Å². The van der Waals surface area contributed by atoms with Crippen molar-refractivity contribution in [3.8, 4) is 0 Å². The van der Waals surface area contributed by atoms with Gasteiger partial charge < -0.3 is 28.7 Å². The SMILES string of the molecule is C=C(N(CC1CO1)CC1CO1)N(CC1CO1)CC1CO1. The Balaban J connectivity index is 1.38. The molecule has 4 aliphatic heterocycles. The monoisotopic (exact) mass is 282 g/mol. The summed E-state index contributed by atoms with van der Waals surface area (Å²) in [5.74, 6) is 1.06. The van der Waals surface area contributed by atoms with Gasteiger partial charge in [0.2, 0.25) is 0 Å². The molecule has 112 valence electrons. The summed E-state index contributed by atoms with van der Waals surface area (Å²) in [7, 11) is 0. The predicted octanol–water partition coefficient (Wildman–Crippen LogP) is -0.343. The summed E-state index contributed by atoms with van der Waals surface area (Å²) in [5, 5.41) is 0. The van der Waals surface area contributed by atoms with E-state index in [1.807, 2.05) is 0 Å². The van der Waals surface area contributed by atoms with E-state index < -0.39 is 0 Å². The average molecular weight is 282 g/mol. The highest BCUT2D eigenvalue weighted by molar-refractivity contribution is 5.01. The molecular formula is C14H22N2O4. The van der Waals surface area contributed by atoms with Gasteiger partial charge in [0.15, 0.2) is 0 Å². The van der Waals surface area contributed by atoms with Crippen LogP contribution in [0, 0.1) is 0 Å². The van der Waals surface area contributed by atoms with E-state index in [-0.39, 0.29) is 0 Å². The number of rotatable bonds is 10. The third kappa shape index (κ3) is 3.63. The van der Waals surface area contributed by atoms with Gasteiger partial charge in [0.25, 0.3) is 0 Å². The fourth-order valence-corrected chi connectivity index (χ4v) is 2.45. The fourth-order valence-electron chi connectivity index (χ4n) is 2.45. The van der Waals surface area contributed by atoms with Crippen LogP contribution in [0.25, 0.3) is 0 Å². The Hall–Kier alpha value is -0.820. The first kappa shape index (κ1) is 12.9. The maximum absolute atomic E-state index is 5.37. The third-order valence-electron chi connectivity index (χ3n) is 4.04. The zero-order valence-corrected chi connectivity index (χ0v) is 11.7. The molecule has 0 aromatic rings. The van der Waals surface area contributed by atoms with Crippen LogP contribution in [0.2, 0.25) is 0 Å². The quantitative estimate of drug-likeness (QED) is 0.511. The molecule has 4 heterocycles. The van der Waals surface area contributed by atoms with Crippen molar-refractivity contribution in [2.24, 2.45) is 0 Å². The molecule has 0 saturated carbocycles. The van der Waals surface area contributed by atoms with Crippen LogP contribution >= 0.6 is 0 Å². The third-order valence-corrected chi connectivity index (χ3v) is 4.04. The summed E-state index contributed by atoms with van der Waals surface area (Å²) in [6.45, 7) is 11.4. The number of epoxide rings is 4. The minimum atomic E-state index is 0.363. The molecule has 20 heavy (non-hydrogen) atoms. The van der Waals surface area contributed by atoms with Crippen molar-refractivity contribution in [2.75, 3.05) is 52.6 Å². The minimum Gasteiger partial charge on any atom is -0.371 e. The van der Waals surface area contributed by atoms with E-state index in [0.717, 1.165) is 58.4 Å². The Morgan fingerprint density at radius 1 is 0.700 bits per heavy atom. The molecule has 4 aliphatic rings. The van der Waals surface area contributed by atoms with Gasteiger partial charge in [-0.15, -0.1) is 0 Å². The van der Waals surface area contributed by atoms with Crippen molar-refractivity contribution in [3.63, 3.8) is 0 Å². The van der Waals surface area contributed by atoms with E-state index in [1.165, 1.54) is 0 Å². The number of hydrogen-bond donors (Lipinski definition) is 0. The summed E-state index contributed by atoms with van der Waals surface area (Å²) in [5.41, 5.74) is 0. The maximum atomic E-state index is 5.37. The number of hydrogen-bond acceptors (Lipinski definition) is 6. The zero-order valence-electron chi connectivity index (χ0n) is 11.7. The van der Waals surface area contributed by atoms with Crippen molar-refractivity contribution in [1.82, 2.24) is 9.80 Å². The van der Waals surface area contributed by atoms with Gasteiger partial charge in [0.05, 0.1) is 56.7 Å². The first-order chi connectivity index (χ1) is 9.78. The molecule has 6 nitrogen and oxygen atoms in total. The topological polar surface area (TPSA) is 56.6 Å². The largest absolute Gasteiger partial charge is 0.371 e. The lowest BCUT2D eigenvalue weighted by Gasteiger charge is -2.34. The minimum absolute atomic E-state index is 0.363.